The first kappa shape index (κ1) is 17.1. The molecule has 0 atom stereocenters. The SMILES string of the molecule is CCc1oc(C(=O)NCCc2ccc(SC)cc2)cc1C(=O)O. The Morgan fingerprint density at radius 3 is 2.48 bits per heavy atom. The lowest BCUT2D eigenvalue weighted by molar-refractivity contribution is 0.0694. The summed E-state index contributed by atoms with van der Waals surface area (Å²) in [6, 6.07) is 9.43. The summed E-state index contributed by atoms with van der Waals surface area (Å²) in [6.07, 6.45) is 3.15. The van der Waals surface area contributed by atoms with Crippen molar-refractivity contribution >= 4 is 23.6 Å². The van der Waals surface area contributed by atoms with E-state index in [1.165, 1.54) is 11.0 Å². The maximum absolute atomic E-state index is 12.0. The Labute approximate surface area is 139 Å². The summed E-state index contributed by atoms with van der Waals surface area (Å²) in [4.78, 5) is 24.3. The standard InChI is InChI=1S/C17H19NO4S/c1-3-14-13(17(20)21)10-15(22-14)16(19)18-9-8-11-4-6-12(23-2)7-5-11/h4-7,10H,3,8-9H2,1-2H3,(H,18,19)(H,20,21). The summed E-state index contributed by atoms with van der Waals surface area (Å²) < 4.78 is 5.32. The lowest BCUT2D eigenvalue weighted by Gasteiger charge is -2.04. The van der Waals surface area contributed by atoms with Crippen LogP contribution in [0.4, 0.5) is 0 Å². The van der Waals surface area contributed by atoms with Crippen molar-refractivity contribution in [1.82, 2.24) is 5.32 Å². The molecule has 122 valence electrons. The number of nitrogens with one attached hydrogen (secondary N) is 1. The van der Waals surface area contributed by atoms with Crippen LogP contribution in [0, 0.1) is 0 Å². The van der Waals surface area contributed by atoms with Gasteiger partial charge in [0.15, 0.2) is 5.76 Å². The van der Waals surface area contributed by atoms with E-state index < -0.39 is 11.9 Å². The molecule has 0 aliphatic carbocycles. The summed E-state index contributed by atoms with van der Waals surface area (Å²) >= 11 is 1.68. The van der Waals surface area contributed by atoms with Crippen LogP contribution in [-0.2, 0) is 12.8 Å². The van der Waals surface area contributed by atoms with E-state index in [9.17, 15) is 9.59 Å². The van der Waals surface area contributed by atoms with Crippen LogP contribution < -0.4 is 5.32 Å². The molecule has 1 amide bonds. The second-order valence-electron chi connectivity index (χ2n) is 4.96. The molecule has 0 saturated carbocycles. The summed E-state index contributed by atoms with van der Waals surface area (Å²) in [7, 11) is 0. The van der Waals surface area contributed by atoms with E-state index in [1.807, 2.05) is 30.5 Å². The summed E-state index contributed by atoms with van der Waals surface area (Å²) in [5, 5.41) is 11.8. The predicted octanol–water partition coefficient (Wildman–Crippen LogP) is 3.23. The fourth-order valence-corrected chi connectivity index (χ4v) is 2.59. The Balaban J connectivity index is 1.92. The van der Waals surface area contributed by atoms with Gasteiger partial charge < -0.3 is 14.8 Å². The van der Waals surface area contributed by atoms with Gasteiger partial charge in [-0.2, -0.15) is 0 Å². The van der Waals surface area contributed by atoms with E-state index in [1.54, 1.807) is 18.7 Å². The number of carboxylic acid groups (broad SMARTS) is 1. The third-order valence-electron chi connectivity index (χ3n) is 3.44. The number of thioether (sulfide) groups is 1. The molecular weight excluding hydrogens is 314 g/mol. The van der Waals surface area contributed by atoms with Gasteiger partial charge in [-0.15, -0.1) is 11.8 Å². The lowest BCUT2D eigenvalue weighted by Crippen LogP contribution is -2.25. The van der Waals surface area contributed by atoms with Crippen molar-refractivity contribution in [3.63, 3.8) is 0 Å². The van der Waals surface area contributed by atoms with Crippen molar-refractivity contribution in [2.75, 3.05) is 12.8 Å². The zero-order chi connectivity index (χ0) is 16.8. The first-order valence-electron chi connectivity index (χ1n) is 7.32. The number of furan rings is 1. The second kappa shape index (κ2) is 7.87. The van der Waals surface area contributed by atoms with Crippen LogP contribution in [0.5, 0.6) is 0 Å². The number of benzene rings is 1. The molecule has 0 unspecified atom stereocenters. The minimum atomic E-state index is -1.08. The van der Waals surface area contributed by atoms with Crippen molar-refractivity contribution in [2.24, 2.45) is 0 Å². The highest BCUT2D eigenvalue weighted by atomic mass is 32.2. The fraction of sp³-hybridized carbons (Fsp3) is 0.294. The van der Waals surface area contributed by atoms with Crippen molar-refractivity contribution in [3.05, 3.63) is 53.0 Å². The summed E-state index contributed by atoms with van der Waals surface area (Å²) in [5.41, 5.74) is 1.17. The molecule has 0 spiro atoms. The highest BCUT2D eigenvalue weighted by Crippen LogP contribution is 2.17. The van der Waals surface area contributed by atoms with E-state index >= 15 is 0 Å². The Hall–Kier alpha value is -2.21. The average Bonchev–Trinajstić information content (AvgIpc) is 3.00. The monoisotopic (exact) mass is 333 g/mol. The van der Waals surface area contributed by atoms with Gasteiger partial charge in [-0.05, 0) is 30.4 Å². The summed E-state index contributed by atoms with van der Waals surface area (Å²) in [6.45, 7) is 2.24. The van der Waals surface area contributed by atoms with Crippen molar-refractivity contribution < 1.29 is 19.1 Å². The van der Waals surface area contributed by atoms with E-state index in [-0.39, 0.29) is 11.3 Å². The molecule has 6 heteroatoms. The highest BCUT2D eigenvalue weighted by molar-refractivity contribution is 7.98. The van der Waals surface area contributed by atoms with E-state index in [2.05, 4.69) is 5.32 Å². The Kier molecular flexibility index (Phi) is 5.87. The van der Waals surface area contributed by atoms with Crippen LogP contribution in [0.25, 0.3) is 0 Å². The normalized spacial score (nSPS) is 10.5. The topological polar surface area (TPSA) is 79.5 Å². The zero-order valence-corrected chi connectivity index (χ0v) is 13.9. The number of hydrogen-bond acceptors (Lipinski definition) is 4. The van der Waals surface area contributed by atoms with Gasteiger partial charge in [0, 0.05) is 23.9 Å². The van der Waals surface area contributed by atoms with Crippen molar-refractivity contribution in [3.8, 4) is 0 Å². The average molecular weight is 333 g/mol. The largest absolute Gasteiger partial charge is 0.478 e. The van der Waals surface area contributed by atoms with Crippen LogP contribution in [0.2, 0.25) is 0 Å². The number of carboxylic acids is 1. The third kappa shape index (κ3) is 4.39. The first-order valence-corrected chi connectivity index (χ1v) is 8.54. The van der Waals surface area contributed by atoms with Gasteiger partial charge in [0.05, 0.1) is 0 Å². The van der Waals surface area contributed by atoms with Crippen LogP contribution in [0.3, 0.4) is 0 Å². The van der Waals surface area contributed by atoms with Gasteiger partial charge in [-0.3, -0.25) is 4.79 Å². The molecule has 2 rings (SSSR count). The molecule has 2 aromatic rings. The van der Waals surface area contributed by atoms with E-state index in [0.29, 0.717) is 25.1 Å². The molecule has 0 saturated heterocycles. The minimum absolute atomic E-state index is 0.0389. The van der Waals surface area contributed by atoms with Crippen LogP contribution in [0.15, 0.2) is 39.6 Å². The number of carbonyl (C=O) groups is 2. The Morgan fingerprint density at radius 2 is 1.96 bits per heavy atom. The first-order chi connectivity index (χ1) is 11.0. The molecule has 1 aromatic carbocycles. The van der Waals surface area contributed by atoms with Gasteiger partial charge in [0.25, 0.3) is 5.91 Å². The highest BCUT2D eigenvalue weighted by Gasteiger charge is 2.19. The Bertz CT molecular complexity index is 691. The van der Waals surface area contributed by atoms with Gasteiger partial charge in [-0.1, -0.05) is 19.1 Å². The van der Waals surface area contributed by atoms with Crippen LogP contribution in [0.1, 0.15) is 39.2 Å². The fourth-order valence-electron chi connectivity index (χ4n) is 2.18. The van der Waals surface area contributed by atoms with E-state index in [4.69, 9.17) is 9.52 Å². The molecular formula is C17H19NO4S. The summed E-state index contributed by atoms with van der Waals surface area (Å²) in [5.74, 6) is -1.13. The minimum Gasteiger partial charge on any atom is -0.478 e. The number of rotatable bonds is 7. The lowest BCUT2D eigenvalue weighted by atomic mass is 10.1. The quantitative estimate of drug-likeness (QED) is 0.761. The van der Waals surface area contributed by atoms with Crippen LogP contribution in [-0.4, -0.2) is 29.8 Å². The third-order valence-corrected chi connectivity index (χ3v) is 4.19. The molecule has 0 aliphatic heterocycles. The molecule has 2 N–H and O–H groups in total. The maximum Gasteiger partial charge on any atom is 0.339 e. The van der Waals surface area contributed by atoms with Gasteiger partial charge in [0.2, 0.25) is 0 Å². The number of hydrogen-bond donors (Lipinski definition) is 2. The van der Waals surface area contributed by atoms with Gasteiger partial charge in [-0.25, -0.2) is 4.79 Å². The zero-order valence-electron chi connectivity index (χ0n) is 13.1. The number of carbonyl (C=O) groups excluding carboxylic acids is 1. The number of aromatic carboxylic acids is 1. The number of aryl methyl sites for hydroxylation is 1. The molecule has 23 heavy (non-hydrogen) atoms. The van der Waals surface area contributed by atoms with Gasteiger partial charge in [0.1, 0.15) is 11.3 Å². The van der Waals surface area contributed by atoms with E-state index in [0.717, 1.165) is 5.56 Å². The number of amides is 1. The van der Waals surface area contributed by atoms with Crippen molar-refractivity contribution in [2.45, 2.75) is 24.7 Å². The molecule has 5 nitrogen and oxygen atoms in total. The second-order valence-corrected chi connectivity index (χ2v) is 5.84. The van der Waals surface area contributed by atoms with Gasteiger partial charge >= 0.3 is 5.97 Å². The smallest absolute Gasteiger partial charge is 0.339 e. The molecule has 0 fully saturated rings. The predicted molar refractivity (Wildman–Crippen MR) is 89.3 cm³/mol. The van der Waals surface area contributed by atoms with Crippen molar-refractivity contribution in [1.29, 1.82) is 0 Å². The molecule has 1 aromatic heterocycles. The molecule has 0 radical (unpaired) electrons. The Morgan fingerprint density at radius 1 is 1.26 bits per heavy atom. The van der Waals surface area contributed by atoms with Crippen LogP contribution >= 0.6 is 11.8 Å². The molecule has 1 heterocycles. The molecule has 0 bridgehead atoms. The maximum atomic E-state index is 12.0. The molecule has 0 aliphatic rings.